The molecule has 9 nitrogen and oxygen atoms in total. The topological polar surface area (TPSA) is 119 Å². The number of aliphatic hydroxyl groups is 1. The van der Waals surface area contributed by atoms with E-state index in [0.717, 1.165) is 6.07 Å². The van der Waals surface area contributed by atoms with E-state index in [-0.39, 0.29) is 43.1 Å². The van der Waals surface area contributed by atoms with Crippen LogP contribution in [0.1, 0.15) is 16.8 Å². The van der Waals surface area contributed by atoms with Crippen molar-refractivity contribution < 1.29 is 29.1 Å². The average Bonchev–Trinajstić information content (AvgIpc) is 2.56. The van der Waals surface area contributed by atoms with Gasteiger partial charge in [0, 0.05) is 24.7 Å². The van der Waals surface area contributed by atoms with Gasteiger partial charge in [-0.25, -0.2) is 0 Å². The maximum absolute atomic E-state index is 12.4. The predicted octanol–water partition coefficient (Wildman–Crippen LogP) is 0.601. The number of methoxy groups -OCH3 is 2. The quantitative estimate of drug-likeness (QED) is 0.422. The predicted molar refractivity (Wildman–Crippen MR) is 79.3 cm³/mol. The van der Waals surface area contributed by atoms with Gasteiger partial charge in [-0.15, -0.1) is 0 Å². The monoisotopic (exact) mass is 326 g/mol. The first-order chi connectivity index (χ1) is 10.9. The lowest BCUT2D eigenvalue weighted by Crippen LogP contribution is -2.35. The van der Waals surface area contributed by atoms with Gasteiger partial charge >= 0.3 is 11.7 Å². The second-order valence-electron chi connectivity index (χ2n) is 4.49. The van der Waals surface area contributed by atoms with E-state index < -0.39 is 16.8 Å². The van der Waals surface area contributed by atoms with Crippen LogP contribution in [-0.4, -0.2) is 60.7 Å². The molecular weight excluding hydrogens is 308 g/mol. The molecule has 0 saturated carbocycles. The van der Waals surface area contributed by atoms with Crippen molar-refractivity contribution in [3.05, 3.63) is 33.9 Å². The Morgan fingerprint density at radius 3 is 2.52 bits per heavy atom. The number of carbonyl (C=O) groups excluding carboxylic acids is 2. The average molecular weight is 326 g/mol. The molecule has 1 aromatic carbocycles. The summed E-state index contributed by atoms with van der Waals surface area (Å²) >= 11 is 0. The molecule has 0 aliphatic carbocycles. The Labute approximate surface area is 132 Å². The molecule has 0 aromatic heterocycles. The van der Waals surface area contributed by atoms with Crippen LogP contribution in [0.5, 0.6) is 5.75 Å². The fourth-order valence-electron chi connectivity index (χ4n) is 1.91. The van der Waals surface area contributed by atoms with Crippen LogP contribution in [0.4, 0.5) is 5.69 Å². The van der Waals surface area contributed by atoms with E-state index in [4.69, 9.17) is 9.84 Å². The van der Waals surface area contributed by atoms with E-state index in [0.29, 0.717) is 0 Å². The highest BCUT2D eigenvalue weighted by Gasteiger charge is 2.22. The molecule has 0 saturated heterocycles. The van der Waals surface area contributed by atoms with Gasteiger partial charge in [-0.1, -0.05) is 0 Å². The van der Waals surface area contributed by atoms with Crippen LogP contribution in [0.3, 0.4) is 0 Å². The number of aliphatic hydroxyl groups excluding tert-OH is 1. The van der Waals surface area contributed by atoms with E-state index in [1.54, 1.807) is 0 Å². The highest BCUT2D eigenvalue weighted by Crippen LogP contribution is 2.28. The van der Waals surface area contributed by atoms with E-state index in [1.807, 2.05) is 0 Å². The maximum Gasteiger partial charge on any atom is 0.311 e. The highest BCUT2D eigenvalue weighted by molar-refractivity contribution is 5.95. The first kappa shape index (κ1) is 18.4. The van der Waals surface area contributed by atoms with E-state index in [2.05, 4.69) is 4.74 Å². The lowest BCUT2D eigenvalue weighted by Gasteiger charge is -2.21. The van der Waals surface area contributed by atoms with E-state index in [9.17, 15) is 19.7 Å². The molecule has 1 rings (SSSR count). The normalized spacial score (nSPS) is 10.0. The number of amides is 1. The van der Waals surface area contributed by atoms with Gasteiger partial charge in [0.1, 0.15) is 0 Å². The van der Waals surface area contributed by atoms with Crippen molar-refractivity contribution >= 4 is 17.6 Å². The Morgan fingerprint density at radius 1 is 1.30 bits per heavy atom. The zero-order valence-corrected chi connectivity index (χ0v) is 12.9. The van der Waals surface area contributed by atoms with Crippen LogP contribution in [0.15, 0.2) is 18.2 Å². The Hall–Kier alpha value is -2.68. The molecule has 126 valence electrons. The molecule has 1 N–H and O–H groups in total. The fraction of sp³-hybridized carbons (Fsp3) is 0.429. The number of rotatable bonds is 8. The smallest absolute Gasteiger partial charge is 0.311 e. The minimum absolute atomic E-state index is 0.00431. The maximum atomic E-state index is 12.4. The van der Waals surface area contributed by atoms with Crippen LogP contribution in [0.2, 0.25) is 0 Å². The molecule has 0 bridgehead atoms. The lowest BCUT2D eigenvalue weighted by molar-refractivity contribution is -0.385. The van der Waals surface area contributed by atoms with Crippen molar-refractivity contribution in [2.45, 2.75) is 6.42 Å². The van der Waals surface area contributed by atoms with Crippen LogP contribution in [0, 0.1) is 10.1 Å². The summed E-state index contributed by atoms with van der Waals surface area (Å²) in [4.78, 5) is 35.2. The van der Waals surface area contributed by atoms with Crippen LogP contribution in [0.25, 0.3) is 0 Å². The minimum atomic E-state index is -0.652. The molecular formula is C14H18N2O7. The largest absolute Gasteiger partial charge is 0.490 e. The van der Waals surface area contributed by atoms with Gasteiger partial charge in [0.2, 0.25) is 0 Å². The zero-order valence-electron chi connectivity index (χ0n) is 12.9. The van der Waals surface area contributed by atoms with E-state index >= 15 is 0 Å². The number of ether oxygens (including phenoxy) is 2. The summed E-state index contributed by atoms with van der Waals surface area (Å²) in [5.41, 5.74) is -0.272. The molecule has 0 fully saturated rings. The second-order valence-corrected chi connectivity index (χ2v) is 4.49. The lowest BCUT2D eigenvalue weighted by atomic mass is 10.1. The third kappa shape index (κ3) is 4.92. The molecule has 0 aliphatic rings. The number of hydrogen-bond acceptors (Lipinski definition) is 7. The van der Waals surface area contributed by atoms with Crippen molar-refractivity contribution in [3.63, 3.8) is 0 Å². The molecule has 23 heavy (non-hydrogen) atoms. The van der Waals surface area contributed by atoms with Crippen LogP contribution >= 0.6 is 0 Å². The number of benzene rings is 1. The Balaban J connectivity index is 3.01. The third-order valence-corrected chi connectivity index (χ3v) is 3.09. The first-order valence-electron chi connectivity index (χ1n) is 6.74. The summed E-state index contributed by atoms with van der Waals surface area (Å²) in [7, 11) is 2.52. The molecule has 1 amide bonds. The molecule has 0 unspecified atom stereocenters. The molecule has 0 aliphatic heterocycles. The number of hydrogen-bond donors (Lipinski definition) is 1. The number of nitro groups is 1. The summed E-state index contributed by atoms with van der Waals surface area (Å²) in [5, 5.41) is 20.0. The molecule has 1 aromatic rings. The van der Waals surface area contributed by atoms with Crippen molar-refractivity contribution in [1.29, 1.82) is 0 Å². The SMILES string of the molecule is COC(=O)CCN(CCO)C(=O)c1ccc(OC)c([N+](=O)[O-])c1. The number of nitro benzene ring substituents is 1. The molecule has 9 heteroatoms. The van der Waals surface area contributed by atoms with Gasteiger partial charge in [0.15, 0.2) is 5.75 Å². The van der Waals surface area contributed by atoms with Gasteiger partial charge in [0.05, 0.1) is 32.2 Å². The molecule has 0 radical (unpaired) electrons. The van der Waals surface area contributed by atoms with Crippen molar-refractivity contribution in [2.24, 2.45) is 0 Å². The van der Waals surface area contributed by atoms with Crippen molar-refractivity contribution in [1.82, 2.24) is 4.90 Å². The standard InChI is InChI=1S/C14H18N2O7/c1-22-12-4-3-10(9-11(12)16(20)21)14(19)15(7-8-17)6-5-13(18)23-2/h3-4,9,17H,5-8H2,1-2H3. The summed E-state index contributed by atoms with van der Waals surface area (Å²) < 4.78 is 9.37. The number of carbonyl (C=O) groups is 2. The third-order valence-electron chi connectivity index (χ3n) is 3.09. The summed E-state index contributed by atoms with van der Waals surface area (Å²) in [5.74, 6) is -0.995. The van der Waals surface area contributed by atoms with Crippen LogP contribution < -0.4 is 4.74 Å². The highest BCUT2D eigenvalue weighted by atomic mass is 16.6. The Morgan fingerprint density at radius 2 is 2.00 bits per heavy atom. The Bertz CT molecular complexity index is 588. The van der Waals surface area contributed by atoms with Gasteiger partial charge in [-0.05, 0) is 12.1 Å². The van der Waals surface area contributed by atoms with Gasteiger partial charge in [-0.2, -0.15) is 0 Å². The van der Waals surface area contributed by atoms with Crippen molar-refractivity contribution in [3.8, 4) is 5.75 Å². The molecule has 0 heterocycles. The fourth-order valence-corrected chi connectivity index (χ4v) is 1.91. The second kappa shape index (κ2) is 8.69. The van der Waals surface area contributed by atoms with Gasteiger partial charge in [-0.3, -0.25) is 19.7 Å². The zero-order chi connectivity index (χ0) is 17.4. The minimum Gasteiger partial charge on any atom is -0.490 e. The van der Waals surface area contributed by atoms with Crippen molar-refractivity contribution in [2.75, 3.05) is 33.9 Å². The first-order valence-corrected chi connectivity index (χ1v) is 6.74. The summed E-state index contributed by atoms with van der Waals surface area (Å²) in [6, 6.07) is 3.81. The summed E-state index contributed by atoms with van der Waals surface area (Å²) in [6.07, 6.45) is -0.0412. The summed E-state index contributed by atoms with van der Waals surface area (Å²) in [6.45, 7) is -0.271. The molecule has 0 atom stereocenters. The number of nitrogens with zero attached hydrogens (tertiary/aromatic N) is 2. The van der Waals surface area contributed by atoms with Gasteiger partial charge < -0.3 is 19.5 Å². The van der Waals surface area contributed by atoms with Gasteiger partial charge in [0.25, 0.3) is 5.91 Å². The van der Waals surface area contributed by atoms with E-state index in [1.165, 1.54) is 31.3 Å². The number of esters is 1. The Kier molecular flexibility index (Phi) is 6.94. The molecule has 0 spiro atoms. The van der Waals surface area contributed by atoms with Crippen LogP contribution in [-0.2, 0) is 9.53 Å².